The first-order valence-corrected chi connectivity index (χ1v) is 7.14. The molecule has 4 heteroatoms. The zero-order chi connectivity index (χ0) is 14.6. The van der Waals surface area contributed by atoms with Crippen LogP contribution in [0.25, 0.3) is 0 Å². The van der Waals surface area contributed by atoms with Crippen LogP contribution in [0.15, 0.2) is 24.3 Å². The minimum atomic E-state index is -0.323. The van der Waals surface area contributed by atoms with Gasteiger partial charge in [0.15, 0.2) is 5.78 Å². The van der Waals surface area contributed by atoms with Gasteiger partial charge in [-0.25, -0.2) is 4.39 Å². The van der Waals surface area contributed by atoms with Crippen LogP contribution < -0.4 is 0 Å². The van der Waals surface area contributed by atoms with Gasteiger partial charge in [0.2, 0.25) is 0 Å². The molecule has 0 saturated carbocycles. The summed E-state index contributed by atoms with van der Waals surface area (Å²) in [5, 5.41) is 9.42. The number of Topliss-reactive ketones (excluding diaryl/α,β-unsaturated/α-hetero) is 1. The molecule has 0 spiro atoms. The molecule has 0 aromatic heterocycles. The largest absolute Gasteiger partial charge is 0.396 e. The zero-order valence-corrected chi connectivity index (χ0v) is 11.9. The SMILES string of the molecule is C[C@]1(CO)CCCN(CCC(=O)c2ccc(F)cc2)C1. The first kappa shape index (κ1) is 15.1. The summed E-state index contributed by atoms with van der Waals surface area (Å²) in [4.78, 5) is 14.3. The second kappa shape index (κ2) is 6.46. The van der Waals surface area contributed by atoms with Crippen LogP contribution in [-0.4, -0.2) is 42.0 Å². The number of aliphatic hydroxyl groups is 1. The van der Waals surface area contributed by atoms with Crippen molar-refractivity contribution in [2.45, 2.75) is 26.2 Å². The number of aliphatic hydroxyl groups excluding tert-OH is 1. The number of hydrogen-bond donors (Lipinski definition) is 1. The lowest BCUT2D eigenvalue weighted by molar-refractivity contribution is 0.0455. The van der Waals surface area contributed by atoms with Crippen molar-refractivity contribution in [3.8, 4) is 0 Å². The highest BCUT2D eigenvalue weighted by Crippen LogP contribution is 2.28. The lowest BCUT2D eigenvalue weighted by Crippen LogP contribution is -2.44. The minimum Gasteiger partial charge on any atom is -0.396 e. The highest BCUT2D eigenvalue weighted by Gasteiger charge is 2.30. The van der Waals surface area contributed by atoms with Gasteiger partial charge < -0.3 is 10.0 Å². The van der Waals surface area contributed by atoms with E-state index in [4.69, 9.17) is 0 Å². The van der Waals surface area contributed by atoms with E-state index in [0.717, 1.165) is 25.9 Å². The smallest absolute Gasteiger partial charge is 0.164 e. The topological polar surface area (TPSA) is 40.5 Å². The standard InChI is InChI=1S/C16H22FNO2/c1-16(12-19)8-2-9-18(11-16)10-7-15(20)13-3-5-14(17)6-4-13/h3-6,19H,2,7-12H2,1H3/t16-/m0/s1. The summed E-state index contributed by atoms with van der Waals surface area (Å²) < 4.78 is 12.8. The highest BCUT2D eigenvalue weighted by atomic mass is 19.1. The van der Waals surface area contributed by atoms with E-state index in [1.807, 2.05) is 0 Å². The van der Waals surface area contributed by atoms with E-state index in [-0.39, 0.29) is 23.6 Å². The van der Waals surface area contributed by atoms with E-state index < -0.39 is 0 Å². The Labute approximate surface area is 119 Å². The summed E-state index contributed by atoms with van der Waals surface area (Å²) >= 11 is 0. The van der Waals surface area contributed by atoms with E-state index in [1.54, 1.807) is 0 Å². The fraction of sp³-hybridized carbons (Fsp3) is 0.562. The van der Waals surface area contributed by atoms with E-state index in [0.29, 0.717) is 18.5 Å². The first-order chi connectivity index (χ1) is 9.52. The summed E-state index contributed by atoms with van der Waals surface area (Å²) in [6.07, 6.45) is 2.53. The maximum absolute atomic E-state index is 12.8. The van der Waals surface area contributed by atoms with Gasteiger partial charge in [-0.2, -0.15) is 0 Å². The van der Waals surface area contributed by atoms with Crippen LogP contribution in [0.2, 0.25) is 0 Å². The van der Waals surface area contributed by atoms with Crippen LogP contribution in [0.4, 0.5) is 4.39 Å². The van der Waals surface area contributed by atoms with Crippen molar-refractivity contribution >= 4 is 5.78 Å². The number of piperidine rings is 1. The van der Waals surface area contributed by atoms with Gasteiger partial charge in [-0.1, -0.05) is 6.92 Å². The molecule has 0 amide bonds. The minimum absolute atomic E-state index is 0.0428. The Kier molecular flexibility index (Phi) is 4.89. The Bertz CT molecular complexity index is 460. The molecule has 0 aliphatic carbocycles. The van der Waals surface area contributed by atoms with Crippen LogP contribution in [0.1, 0.15) is 36.5 Å². The zero-order valence-electron chi connectivity index (χ0n) is 11.9. The van der Waals surface area contributed by atoms with Crippen molar-refractivity contribution in [3.05, 3.63) is 35.6 Å². The molecule has 1 heterocycles. The van der Waals surface area contributed by atoms with Gasteiger partial charge >= 0.3 is 0 Å². The molecule has 2 rings (SSSR count). The Morgan fingerprint density at radius 3 is 2.75 bits per heavy atom. The van der Waals surface area contributed by atoms with Crippen molar-refractivity contribution in [1.29, 1.82) is 0 Å². The molecular weight excluding hydrogens is 257 g/mol. The maximum Gasteiger partial charge on any atom is 0.164 e. The number of rotatable bonds is 5. The van der Waals surface area contributed by atoms with Crippen molar-refractivity contribution in [1.82, 2.24) is 4.90 Å². The third kappa shape index (κ3) is 3.87. The van der Waals surface area contributed by atoms with Crippen LogP contribution in [0.5, 0.6) is 0 Å². The number of hydrogen-bond acceptors (Lipinski definition) is 3. The number of nitrogens with zero attached hydrogens (tertiary/aromatic N) is 1. The fourth-order valence-corrected chi connectivity index (χ4v) is 2.79. The molecule has 1 aliphatic heterocycles. The summed E-state index contributed by atoms with van der Waals surface area (Å²) in [6, 6.07) is 5.70. The number of ketones is 1. The molecule has 0 bridgehead atoms. The van der Waals surface area contributed by atoms with Gasteiger partial charge in [-0.3, -0.25) is 4.79 Å². The predicted octanol–water partition coefficient (Wildman–Crippen LogP) is 2.49. The Hall–Kier alpha value is -1.26. The third-order valence-electron chi connectivity index (χ3n) is 4.06. The van der Waals surface area contributed by atoms with Gasteiger partial charge in [-0.15, -0.1) is 0 Å². The van der Waals surface area contributed by atoms with Crippen molar-refractivity contribution < 1.29 is 14.3 Å². The number of likely N-dealkylation sites (tertiary alicyclic amines) is 1. The maximum atomic E-state index is 12.8. The quantitative estimate of drug-likeness (QED) is 0.842. The Morgan fingerprint density at radius 2 is 2.10 bits per heavy atom. The molecule has 0 radical (unpaired) electrons. The second-order valence-corrected chi connectivity index (χ2v) is 6.03. The molecule has 1 aromatic carbocycles. The monoisotopic (exact) mass is 279 g/mol. The molecule has 1 N–H and O–H groups in total. The highest BCUT2D eigenvalue weighted by molar-refractivity contribution is 5.96. The average molecular weight is 279 g/mol. The van der Waals surface area contributed by atoms with Crippen molar-refractivity contribution in [2.24, 2.45) is 5.41 Å². The normalized spacial score (nSPS) is 23.8. The predicted molar refractivity (Wildman–Crippen MR) is 76.2 cm³/mol. The van der Waals surface area contributed by atoms with E-state index >= 15 is 0 Å². The van der Waals surface area contributed by atoms with E-state index in [1.165, 1.54) is 24.3 Å². The van der Waals surface area contributed by atoms with E-state index in [9.17, 15) is 14.3 Å². The number of benzene rings is 1. The van der Waals surface area contributed by atoms with Crippen LogP contribution in [0.3, 0.4) is 0 Å². The summed E-state index contributed by atoms with van der Waals surface area (Å²) in [5.41, 5.74) is 0.519. The Morgan fingerprint density at radius 1 is 1.40 bits per heavy atom. The van der Waals surface area contributed by atoms with E-state index in [2.05, 4.69) is 11.8 Å². The Balaban J connectivity index is 1.85. The first-order valence-electron chi connectivity index (χ1n) is 7.14. The molecular formula is C16H22FNO2. The van der Waals surface area contributed by atoms with Crippen molar-refractivity contribution in [3.63, 3.8) is 0 Å². The number of carbonyl (C=O) groups is 1. The van der Waals surface area contributed by atoms with Crippen LogP contribution >= 0.6 is 0 Å². The van der Waals surface area contributed by atoms with Gasteiger partial charge in [0, 0.05) is 37.1 Å². The fourth-order valence-electron chi connectivity index (χ4n) is 2.79. The van der Waals surface area contributed by atoms with Crippen molar-refractivity contribution in [2.75, 3.05) is 26.2 Å². The van der Waals surface area contributed by atoms with Crippen LogP contribution in [0, 0.1) is 11.2 Å². The third-order valence-corrected chi connectivity index (χ3v) is 4.06. The summed E-state index contributed by atoms with van der Waals surface area (Å²) in [6.45, 7) is 4.79. The van der Waals surface area contributed by atoms with Gasteiger partial charge in [0.1, 0.15) is 5.82 Å². The number of carbonyl (C=O) groups excluding carboxylic acids is 1. The summed E-state index contributed by atoms with van der Waals surface area (Å²) in [7, 11) is 0. The molecule has 110 valence electrons. The molecule has 3 nitrogen and oxygen atoms in total. The molecule has 1 aliphatic rings. The molecule has 1 atom stereocenters. The van der Waals surface area contributed by atoms with Gasteiger partial charge in [0.25, 0.3) is 0 Å². The second-order valence-electron chi connectivity index (χ2n) is 6.03. The molecule has 1 aromatic rings. The van der Waals surface area contributed by atoms with Crippen LogP contribution in [-0.2, 0) is 0 Å². The summed E-state index contributed by atoms with van der Waals surface area (Å²) in [5.74, 6) is -0.280. The number of halogens is 1. The van der Waals surface area contributed by atoms with Gasteiger partial charge in [-0.05, 0) is 43.7 Å². The molecule has 20 heavy (non-hydrogen) atoms. The molecule has 1 fully saturated rings. The van der Waals surface area contributed by atoms with Gasteiger partial charge in [0.05, 0.1) is 0 Å². The average Bonchev–Trinajstić information content (AvgIpc) is 2.46. The lowest BCUT2D eigenvalue weighted by atomic mass is 9.83. The molecule has 0 unspecified atom stereocenters. The lowest BCUT2D eigenvalue weighted by Gasteiger charge is -2.39. The molecule has 1 saturated heterocycles.